The predicted octanol–water partition coefficient (Wildman–Crippen LogP) is 4.08. The average Bonchev–Trinajstić information content (AvgIpc) is 3.43. The molecule has 2 aromatic heterocycles. The number of amides is 2. The average molecular weight is 505 g/mol. The highest BCUT2D eigenvalue weighted by molar-refractivity contribution is 7.92. The van der Waals surface area contributed by atoms with E-state index >= 15 is 0 Å². The Labute approximate surface area is 199 Å². The Morgan fingerprint density at radius 2 is 1.94 bits per heavy atom. The molecule has 2 aliphatic rings. The second-order valence-corrected chi connectivity index (χ2v) is 11.5. The summed E-state index contributed by atoms with van der Waals surface area (Å²) in [6.45, 7) is 1.49. The van der Waals surface area contributed by atoms with Crippen molar-refractivity contribution >= 4 is 33.1 Å². The molecule has 5 rings (SSSR count). The number of hydrogen-bond acceptors (Lipinski definition) is 6. The van der Waals surface area contributed by atoms with Gasteiger partial charge >= 0.3 is 6.03 Å². The normalized spacial score (nSPS) is 15.6. The van der Waals surface area contributed by atoms with Crippen molar-refractivity contribution in [3.63, 3.8) is 0 Å². The number of fused-ring (bicyclic) bond motifs is 2. The third-order valence-corrected chi connectivity index (χ3v) is 9.20. The van der Waals surface area contributed by atoms with Crippen LogP contribution < -0.4 is 10.0 Å². The lowest BCUT2D eigenvalue weighted by Crippen LogP contribution is -2.34. The molecule has 1 aliphatic carbocycles. The Morgan fingerprint density at radius 1 is 1.15 bits per heavy atom. The summed E-state index contributed by atoms with van der Waals surface area (Å²) >= 11 is 1.15. The van der Waals surface area contributed by atoms with Crippen LogP contribution in [-0.2, 0) is 35.8 Å². The SMILES string of the molecule is CN1CCc2sc(S(=O)(=O)NC(=O)Nc3c(-c4cccnc4F)cc(F)c4c3CCC4)cc2C1. The molecule has 3 aromatic rings. The molecule has 0 atom stereocenters. The van der Waals surface area contributed by atoms with E-state index in [2.05, 4.69) is 19.9 Å². The Hall–Kier alpha value is -2.89. The zero-order valence-electron chi connectivity index (χ0n) is 18.3. The van der Waals surface area contributed by atoms with Crippen LogP contribution in [0.15, 0.2) is 34.7 Å². The van der Waals surface area contributed by atoms with Crippen LogP contribution in [0.4, 0.5) is 19.3 Å². The number of nitrogens with zero attached hydrogens (tertiary/aromatic N) is 2. The molecule has 1 aromatic carbocycles. The number of sulfonamides is 1. The first kappa shape index (κ1) is 22.9. The van der Waals surface area contributed by atoms with Gasteiger partial charge in [-0.2, -0.15) is 4.39 Å². The van der Waals surface area contributed by atoms with Gasteiger partial charge in [-0.15, -0.1) is 11.3 Å². The van der Waals surface area contributed by atoms with Crippen LogP contribution >= 0.6 is 11.3 Å². The highest BCUT2D eigenvalue weighted by Gasteiger charge is 2.28. The van der Waals surface area contributed by atoms with Crippen molar-refractivity contribution < 1.29 is 22.0 Å². The van der Waals surface area contributed by atoms with Gasteiger partial charge in [0.05, 0.1) is 5.69 Å². The van der Waals surface area contributed by atoms with E-state index in [1.165, 1.54) is 18.3 Å². The van der Waals surface area contributed by atoms with Crippen LogP contribution in [0, 0.1) is 11.8 Å². The van der Waals surface area contributed by atoms with Gasteiger partial charge in [0.1, 0.15) is 10.0 Å². The van der Waals surface area contributed by atoms with E-state index in [4.69, 9.17) is 0 Å². The number of hydrogen-bond donors (Lipinski definition) is 2. The maximum atomic E-state index is 14.7. The first-order valence-electron chi connectivity index (χ1n) is 10.8. The lowest BCUT2D eigenvalue weighted by atomic mass is 9.97. The zero-order chi connectivity index (χ0) is 24.0. The monoisotopic (exact) mass is 504 g/mol. The second kappa shape index (κ2) is 8.71. The molecule has 11 heteroatoms. The van der Waals surface area contributed by atoms with Gasteiger partial charge < -0.3 is 10.2 Å². The van der Waals surface area contributed by atoms with E-state index in [0.29, 0.717) is 36.9 Å². The zero-order valence-corrected chi connectivity index (χ0v) is 20.0. The van der Waals surface area contributed by atoms with Crippen molar-refractivity contribution in [3.8, 4) is 11.1 Å². The van der Waals surface area contributed by atoms with E-state index in [0.717, 1.165) is 40.8 Å². The van der Waals surface area contributed by atoms with Gasteiger partial charge in [-0.05, 0) is 73.7 Å². The van der Waals surface area contributed by atoms with Gasteiger partial charge in [-0.25, -0.2) is 27.3 Å². The molecule has 2 amide bonds. The number of carbonyl (C=O) groups is 1. The molecule has 7 nitrogen and oxygen atoms in total. The first-order chi connectivity index (χ1) is 16.2. The molecule has 0 saturated carbocycles. The number of urea groups is 1. The molecule has 34 heavy (non-hydrogen) atoms. The van der Waals surface area contributed by atoms with E-state index in [1.54, 1.807) is 6.07 Å². The Bertz CT molecular complexity index is 1410. The summed E-state index contributed by atoms with van der Waals surface area (Å²) in [5.74, 6) is -1.30. The van der Waals surface area contributed by atoms with Crippen molar-refractivity contribution in [1.29, 1.82) is 0 Å². The van der Waals surface area contributed by atoms with Crippen molar-refractivity contribution in [3.05, 3.63) is 63.8 Å². The van der Waals surface area contributed by atoms with Crippen molar-refractivity contribution in [2.24, 2.45) is 0 Å². The van der Waals surface area contributed by atoms with Crippen LogP contribution in [0.2, 0.25) is 0 Å². The highest BCUT2D eigenvalue weighted by Crippen LogP contribution is 2.40. The van der Waals surface area contributed by atoms with E-state index in [1.807, 2.05) is 7.05 Å². The van der Waals surface area contributed by atoms with Crippen molar-refractivity contribution in [1.82, 2.24) is 14.6 Å². The summed E-state index contributed by atoms with van der Waals surface area (Å²) in [5.41, 5.74) is 2.25. The van der Waals surface area contributed by atoms with Crippen LogP contribution in [0.1, 0.15) is 28.0 Å². The third-order valence-electron chi connectivity index (χ3n) is 6.16. The van der Waals surface area contributed by atoms with E-state index in [-0.39, 0.29) is 21.0 Å². The maximum absolute atomic E-state index is 14.7. The van der Waals surface area contributed by atoms with E-state index < -0.39 is 27.8 Å². The largest absolute Gasteiger partial charge is 0.333 e. The number of benzene rings is 1. The number of thiophene rings is 1. The minimum Gasteiger partial charge on any atom is -0.306 e. The molecule has 0 fully saturated rings. The fraction of sp³-hybridized carbons (Fsp3) is 0.304. The Kier molecular flexibility index (Phi) is 5.86. The number of aromatic nitrogens is 1. The fourth-order valence-electron chi connectivity index (χ4n) is 4.56. The molecular formula is C23H22F2N4O3S2. The standard InChI is InChI=1S/C23H22F2N4O3S2/c1-29-9-7-19-13(12-29)10-20(33-19)34(31,32)28-23(30)27-21-15-5-2-4-14(15)18(24)11-17(21)16-6-3-8-26-22(16)25/h3,6,8,10-11H,2,4-5,7,9,12H2,1H3,(H2,27,28,30). The number of anilines is 1. The molecule has 1 aliphatic heterocycles. The molecule has 0 spiro atoms. The van der Waals surface area contributed by atoms with Gasteiger partial charge in [0.25, 0.3) is 10.0 Å². The first-order valence-corrected chi connectivity index (χ1v) is 13.1. The quantitative estimate of drug-likeness (QED) is 0.523. The molecule has 178 valence electrons. The topological polar surface area (TPSA) is 91.4 Å². The number of nitrogens with one attached hydrogen (secondary N) is 2. The van der Waals surface area contributed by atoms with Crippen LogP contribution in [-0.4, -0.2) is 37.9 Å². The molecule has 0 saturated heterocycles. The summed E-state index contributed by atoms with van der Waals surface area (Å²) in [5, 5.41) is 2.56. The van der Waals surface area contributed by atoms with Gasteiger partial charge in [-0.3, -0.25) is 0 Å². The van der Waals surface area contributed by atoms with Gasteiger partial charge in [0.15, 0.2) is 0 Å². The smallest absolute Gasteiger partial charge is 0.306 e. The molecule has 0 radical (unpaired) electrons. The van der Waals surface area contributed by atoms with Crippen LogP contribution in [0.25, 0.3) is 11.1 Å². The molecular weight excluding hydrogens is 482 g/mol. The number of rotatable bonds is 4. The minimum absolute atomic E-state index is 0.0179. The van der Waals surface area contributed by atoms with Gasteiger partial charge in [-0.1, -0.05) is 0 Å². The lowest BCUT2D eigenvalue weighted by Gasteiger charge is -2.21. The molecule has 2 N–H and O–H groups in total. The highest BCUT2D eigenvalue weighted by atomic mass is 32.2. The molecule has 3 heterocycles. The van der Waals surface area contributed by atoms with Crippen molar-refractivity contribution in [2.75, 3.05) is 18.9 Å². The summed E-state index contributed by atoms with van der Waals surface area (Å²) in [6.07, 6.45) is 3.67. The van der Waals surface area contributed by atoms with E-state index in [9.17, 15) is 22.0 Å². The third kappa shape index (κ3) is 4.19. The fourth-order valence-corrected chi connectivity index (χ4v) is 7.02. The number of halogens is 2. The predicted molar refractivity (Wildman–Crippen MR) is 125 cm³/mol. The van der Waals surface area contributed by atoms with Crippen LogP contribution in [0.5, 0.6) is 0 Å². The maximum Gasteiger partial charge on any atom is 0.333 e. The number of pyridine rings is 1. The Morgan fingerprint density at radius 3 is 2.74 bits per heavy atom. The summed E-state index contributed by atoms with van der Waals surface area (Å²) in [6, 6.07) is 4.71. The number of likely N-dealkylation sites (N-methyl/N-ethyl adjacent to an activating group) is 1. The Balaban J connectivity index is 1.46. The minimum atomic E-state index is -4.12. The second-order valence-electron chi connectivity index (χ2n) is 8.49. The molecule has 0 bridgehead atoms. The summed E-state index contributed by atoms with van der Waals surface area (Å²) < 4.78 is 57.2. The lowest BCUT2D eigenvalue weighted by molar-refractivity contribution is 0.256. The van der Waals surface area contributed by atoms with Crippen LogP contribution in [0.3, 0.4) is 0 Å². The number of carbonyl (C=O) groups excluding carboxylic acids is 1. The molecule has 0 unspecified atom stereocenters. The van der Waals surface area contributed by atoms with Gasteiger partial charge in [0, 0.05) is 35.3 Å². The van der Waals surface area contributed by atoms with Gasteiger partial charge in [0.2, 0.25) is 5.95 Å². The summed E-state index contributed by atoms with van der Waals surface area (Å²) in [4.78, 5) is 19.5. The van der Waals surface area contributed by atoms with Crippen molar-refractivity contribution in [2.45, 2.75) is 36.4 Å². The summed E-state index contributed by atoms with van der Waals surface area (Å²) in [7, 11) is -2.16.